The van der Waals surface area contributed by atoms with Crippen molar-refractivity contribution in [3.63, 3.8) is 0 Å². The highest BCUT2D eigenvalue weighted by Crippen LogP contribution is 2.23. The summed E-state index contributed by atoms with van der Waals surface area (Å²) in [5.41, 5.74) is 0.657. The molecule has 4 nitrogen and oxygen atoms in total. The molecule has 1 aromatic rings. The number of aromatic hydroxyl groups is 1. The molecule has 0 bridgehead atoms. The van der Waals surface area contributed by atoms with Crippen molar-refractivity contribution in [1.29, 1.82) is 0 Å². The molecule has 0 heterocycles. The molecule has 0 aromatic heterocycles. The first kappa shape index (κ1) is 12.1. The molecule has 2 N–H and O–H groups in total. The van der Waals surface area contributed by atoms with Gasteiger partial charge >= 0.3 is 0 Å². The lowest BCUT2D eigenvalue weighted by Gasteiger charge is -2.03. The van der Waals surface area contributed by atoms with Crippen LogP contribution in [0.1, 0.15) is 12.5 Å². The Morgan fingerprint density at radius 2 is 2.31 bits per heavy atom. The molecule has 0 aliphatic heterocycles. The predicted molar refractivity (Wildman–Crippen MR) is 62.4 cm³/mol. The molecule has 1 rings (SSSR count). The number of carbonyl (C=O) groups is 1. The van der Waals surface area contributed by atoms with Crippen LogP contribution in [0.2, 0.25) is 0 Å². The van der Waals surface area contributed by atoms with Crippen molar-refractivity contribution in [2.75, 3.05) is 13.7 Å². The first-order chi connectivity index (χ1) is 7.63. The van der Waals surface area contributed by atoms with E-state index in [4.69, 9.17) is 4.74 Å². The summed E-state index contributed by atoms with van der Waals surface area (Å²) in [6.45, 7) is 1.89. The second-order valence-electron chi connectivity index (χ2n) is 3.26. The molecule has 0 unspecified atom stereocenters. The number of hydrogen-bond donors (Lipinski definition) is 2. The monoisotopic (exact) mass is 221 g/mol. The maximum Gasteiger partial charge on any atom is 0.217 e. The van der Waals surface area contributed by atoms with Gasteiger partial charge in [0.25, 0.3) is 0 Å². The van der Waals surface area contributed by atoms with Gasteiger partial charge in [-0.3, -0.25) is 4.79 Å². The number of hydrogen-bond acceptors (Lipinski definition) is 3. The standard InChI is InChI=1S/C12H15NO3/c1-9(14)13-7-3-4-10-8-11(16-2)5-6-12(10)15/h3-6,8,15H,7H2,1-2H3,(H,13,14). The molecule has 0 atom stereocenters. The topological polar surface area (TPSA) is 58.6 Å². The van der Waals surface area contributed by atoms with Gasteiger partial charge < -0.3 is 15.2 Å². The fourth-order valence-corrected chi connectivity index (χ4v) is 1.18. The Morgan fingerprint density at radius 3 is 2.94 bits per heavy atom. The molecule has 0 spiro atoms. The second kappa shape index (κ2) is 5.80. The van der Waals surface area contributed by atoms with Gasteiger partial charge in [0.2, 0.25) is 5.91 Å². The first-order valence-electron chi connectivity index (χ1n) is 4.91. The number of phenolic OH excluding ortho intramolecular Hbond substituents is 1. The van der Waals surface area contributed by atoms with Gasteiger partial charge in [-0.15, -0.1) is 0 Å². The van der Waals surface area contributed by atoms with E-state index in [0.29, 0.717) is 17.9 Å². The number of benzene rings is 1. The third kappa shape index (κ3) is 3.65. The summed E-state index contributed by atoms with van der Waals surface area (Å²) in [4.78, 5) is 10.6. The number of amides is 1. The van der Waals surface area contributed by atoms with E-state index in [0.717, 1.165) is 0 Å². The molecule has 86 valence electrons. The lowest BCUT2D eigenvalue weighted by Crippen LogP contribution is -2.19. The Labute approximate surface area is 94.6 Å². The van der Waals surface area contributed by atoms with Gasteiger partial charge in [0.15, 0.2) is 0 Å². The SMILES string of the molecule is COc1ccc(O)c(C=CCNC(C)=O)c1. The van der Waals surface area contributed by atoms with E-state index in [9.17, 15) is 9.90 Å². The largest absolute Gasteiger partial charge is 0.507 e. The van der Waals surface area contributed by atoms with Crippen LogP contribution in [0.3, 0.4) is 0 Å². The summed E-state index contributed by atoms with van der Waals surface area (Å²) < 4.78 is 5.04. The lowest BCUT2D eigenvalue weighted by molar-refractivity contribution is -0.118. The van der Waals surface area contributed by atoms with E-state index >= 15 is 0 Å². The van der Waals surface area contributed by atoms with Crippen molar-refractivity contribution in [3.8, 4) is 11.5 Å². The number of ether oxygens (including phenoxy) is 1. The summed E-state index contributed by atoms with van der Waals surface area (Å²) in [5.74, 6) is 0.774. The van der Waals surface area contributed by atoms with Gasteiger partial charge in [-0.2, -0.15) is 0 Å². The Balaban J connectivity index is 2.68. The molecule has 0 fully saturated rings. The zero-order chi connectivity index (χ0) is 12.0. The third-order valence-electron chi connectivity index (χ3n) is 2.00. The maximum absolute atomic E-state index is 10.6. The van der Waals surface area contributed by atoms with Gasteiger partial charge in [0, 0.05) is 19.0 Å². The number of rotatable bonds is 4. The summed E-state index contributed by atoms with van der Waals surface area (Å²) in [7, 11) is 1.57. The number of nitrogens with one attached hydrogen (secondary N) is 1. The minimum Gasteiger partial charge on any atom is -0.507 e. The van der Waals surface area contributed by atoms with Gasteiger partial charge in [-0.1, -0.05) is 12.2 Å². The summed E-state index contributed by atoms with van der Waals surface area (Å²) in [6, 6.07) is 4.97. The van der Waals surface area contributed by atoms with E-state index < -0.39 is 0 Å². The normalized spacial score (nSPS) is 10.4. The van der Waals surface area contributed by atoms with E-state index in [-0.39, 0.29) is 11.7 Å². The zero-order valence-electron chi connectivity index (χ0n) is 9.36. The van der Waals surface area contributed by atoms with Crippen molar-refractivity contribution < 1.29 is 14.6 Å². The minimum atomic E-state index is -0.0838. The van der Waals surface area contributed by atoms with E-state index in [1.54, 1.807) is 37.5 Å². The molecule has 4 heteroatoms. The van der Waals surface area contributed by atoms with E-state index in [1.165, 1.54) is 6.92 Å². The van der Waals surface area contributed by atoms with Crippen LogP contribution in [0.25, 0.3) is 6.08 Å². The molecular weight excluding hydrogens is 206 g/mol. The summed E-state index contributed by atoms with van der Waals surface area (Å²) in [6.07, 6.45) is 3.49. The van der Waals surface area contributed by atoms with Crippen LogP contribution in [-0.4, -0.2) is 24.7 Å². The fraction of sp³-hybridized carbons (Fsp3) is 0.250. The smallest absolute Gasteiger partial charge is 0.217 e. The van der Waals surface area contributed by atoms with Crippen molar-refractivity contribution in [1.82, 2.24) is 5.32 Å². The van der Waals surface area contributed by atoms with Crippen LogP contribution in [0.5, 0.6) is 11.5 Å². The van der Waals surface area contributed by atoms with Gasteiger partial charge in [0.1, 0.15) is 11.5 Å². The van der Waals surface area contributed by atoms with E-state index in [2.05, 4.69) is 5.32 Å². The van der Waals surface area contributed by atoms with Crippen molar-refractivity contribution in [2.45, 2.75) is 6.92 Å². The van der Waals surface area contributed by atoms with Crippen LogP contribution < -0.4 is 10.1 Å². The number of methoxy groups -OCH3 is 1. The lowest BCUT2D eigenvalue weighted by atomic mass is 10.2. The first-order valence-corrected chi connectivity index (χ1v) is 4.91. The Bertz CT molecular complexity index is 399. The van der Waals surface area contributed by atoms with Crippen molar-refractivity contribution in [2.24, 2.45) is 0 Å². The van der Waals surface area contributed by atoms with Crippen LogP contribution in [0, 0.1) is 0 Å². The average Bonchev–Trinajstić information content (AvgIpc) is 2.26. The van der Waals surface area contributed by atoms with Crippen molar-refractivity contribution >= 4 is 12.0 Å². The summed E-state index contributed by atoms with van der Waals surface area (Å²) >= 11 is 0. The predicted octanol–water partition coefficient (Wildman–Crippen LogP) is 1.55. The molecule has 0 saturated carbocycles. The molecule has 0 radical (unpaired) electrons. The molecular formula is C12H15NO3. The van der Waals surface area contributed by atoms with Crippen LogP contribution in [0.15, 0.2) is 24.3 Å². The Kier molecular flexibility index (Phi) is 4.39. The third-order valence-corrected chi connectivity index (χ3v) is 2.00. The van der Waals surface area contributed by atoms with Gasteiger partial charge in [-0.25, -0.2) is 0 Å². The van der Waals surface area contributed by atoms with Gasteiger partial charge in [0.05, 0.1) is 7.11 Å². The zero-order valence-corrected chi connectivity index (χ0v) is 9.36. The van der Waals surface area contributed by atoms with Crippen LogP contribution >= 0.6 is 0 Å². The molecule has 1 aromatic carbocycles. The second-order valence-corrected chi connectivity index (χ2v) is 3.26. The highest BCUT2D eigenvalue weighted by molar-refractivity contribution is 5.73. The maximum atomic E-state index is 10.6. The average molecular weight is 221 g/mol. The van der Waals surface area contributed by atoms with E-state index in [1.807, 2.05) is 0 Å². The molecule has 0 saturated heterocycles. The Morgan fingerprint density at radius 1 is 1.56 bits per heavy atom. The fourth-order valence-electron chi connectivity index (χ4n) is 1.18. The highest BCUT2D eigenvalue weighted by atomic mass is 16.5. The summed E-state index contributed by atoms with van der Waals surface area (Å²) in [5, 5.41) is 12.2. The van der Waals surface area contributed by atoms with Crippen LogP contribution in [0.4, 0.5) is 0 Å². The van der Waals surface area contributed by atoms with Crippen LogP contribution in [-0.2, 0) is 4.79 Å². The minimum absolute atomic E-state index is 0.0838. The molecule has 0 aliphatic carbocycles. The van der Waals surface area contributed by atoms with Gasteiger partial charge in [-0.05, 0) is 18.2 Å². The molecule has 1 amide bonds. The van der Waals surface area contributed by atoms with Crippen molar-refractivity contribution in [3.05, 3.63) is 29.8 Å². The number of carbonyl (C=O) groups excluding carboxylic acids is 1. The quantitative estimate of drug-likeness (QED) is 0.811. The molecule has 16 heavy (non-hydrogen) atoms. The number of phenols is 1. The Hall–Kier alpha value is -1.97. The molecule has 0 aliphatic rings. The highest BCUT2D eigenvalue weighted by Gasteiger charge is 1.99.